The number of nitrogens with zero attached hydrogens (tertiary/aromatic N) is 3. The van der Waals surface area contributed by atoms with Crippen molar-refractivity contribution < 1.29 is 14.3 Å². The van der Waals surface area contributed by atoms with E-state index >= 15 is 0 Å². The van der Waals surface area contributed by atoms with Crippen molar-refractivity contribution in [3.05, 3.63) is 64.7 Å². The second kappa shape index (κ2) is 9.61. The van der Waals surface area contributed by atoms with E-state index in [1.54, 1.807) is 7.11 Å². The number of anilines is 1. The van der Waals surface area contributed by atoms with Gasteiger partial charge in [-0.15, -0.1) is 0 Å². The number of fused-ring (bicyclic) bond motifs is 1. The van der Waals surface area contributed by atoms with Gasteiger partial charge in [0, 0.05) is 50.0 Å². The van der Waals surface area contributed by atoms with Gasteiger partial charge in [0.05, 0.1) is 7.11 Å². The Kier molecular flexibility index (Phi) is 6.63. The summed E-state index contributed by atoms with van der Waals surface area (Å²) in [6.07, 6.45) is 0.489. The maximum absolute atomic E-state index is 12.7. The van der Waals surface area contributed by atoms with Crippen molar-refractivity contribution in [3.8, 4) is 5.75 Å². The molecule has 172 valence electrons. The van der Waals surface area contributed by atoms with E-state index < -0.39 is 0 Å². The van der Waals surface area contributed by atoms with E-state index in [9.17, 15) is 9.59 Å². The zero-order chi connectivity index (χ0) is 23.5. The van der Waals surface area contributed by atoms with Crippen LogP contribution in [0.15, 0.2) is 42.5 Å². The average Bonchev–Trinajstić information content (AvgIpc) is 2.83. The van der Waals surface area contributed by atoms with Crippen LogP contribution in [0.5, 0.6) is 5.75 Å². The van der Waals surface area contributed by atoms with Gasteiger partial charge in [0.2, 0.25) is 5.91 Å². The number of hydrogen-bond donors (Lipinski definition) is 0. The molecule has 6 nitrogen and oxygen atoms in total. The van der Waals surface area contributed by atoms with Crippen LogP contribution in [0.3, 0.4) is 0 Å². The number of amides is 1. The van der Waals surface area contributed by atoms with Crippen LogP contribution in [0, 0.1) is 20.8 Å². The molecule has 0 spiro atoms. The van der Waals surface area contributed by atoms with Crippen molar-refractivity contribution in [2.24, 2.45) is 0 Å². The smallest absolute Gasteiger partial charge is 0.223 e. The van der Waals surface area contributed by atoms with E-state index in [0.717, 1.165) is 39.2 Å². The topological polar surface area (TPSA) is 62.7 Å². The van der Waals surface area contributed by atoms with E-state index in [1.165, 1.54) is 0 Å². The number of ether oxygens (including phenoxy) is 1. The highest BCUT2D eigenvalue weighted by atomic mass is 16.5. The molecule has 0 bridgehead atoms. The first kappa shape index (κ1) is 22.8. The Labute approximate surface area is 195 Å². The fraction of sp³-hybridized carbons (Fsp3) is 0.370. The Morgan fingerprint density at radius 3 is 2.36 bits per heavy atom. The van der Waals surface area contributed by atoms with Crippen LogP contribution in [-0.2, 0) is 4.79 Å². The number of aromatic nitrogens is 1. The maximum atomic E-state index is 12.7. The van der Waals surface area contributed by atoms with Crippen molar-refractivity contribution in [3.63, 3.8) is 0 Å². The van der Waals surface area contributed by atoms with Crippen molar-refractivity contribution in [1.29, 1.82) is 0 Å². The highest BCUT2D eigenvalue weighted by Gasteiger charge is 2.23. The van der Waals surface area contributed by atoms with Gasteiger partial charge >= 0.3 is 0 Å². The second-order valence-corrected chi connectivity index (χ2v) is 8.74. The monoisotopic (exact) mass is 445 g/mol. The van der Waals surface area contributed by atoms with Gasteiger partial charge in [-0.1, -0.05) is 24.3 Å². The molecule has 1 aromatic heterocycles. The lowest BCUT2D eigenvalue weighted by atomic mass is 10.0. The Morgan fingerprint density at radius 1 is 0.909 bits per heavy atom. The summed E-state index contributed by atoms with van der Waals surface area (Å²) in [5, 5.41) is 1.08. The standard InChI is InChI=1S/C27H31N3O3/c1-18-8-9-21(16-19(18)2)23(31)10-11-26(32)30-14-12-29(13-15-30)25-17-20(3)22-6-5-7-24(33-4)27(22)28-25/h5-9,16-17H,10-15H2,1-4H3. The summed E-state index contributed by atoms with van der Waals surface area (Å²) < 4.78 is 5.50. The molecular formula is C27H31N3O3. The molecule has 2 aromatic carbocycles. The number of hydrogen-bond acceptors (Lipinski definition) is 5. The lowest BCUT2D eigenvalue weighted by molar-refractivity contribution is -0.131. The molecule has 1 fully saturated rings. The van der Waals surface area contributed by atoms with E-state index in [1.807, 2.05) is 49.1 Å². The number of carbonyl (C=O) groups excluding carboxylic acids is 2. The fourth-order valence-electron chi connectivity index (χ4n) is 4.32. The number of pyridine rings is 1. The number of para-hydroxylation sites is 1. The van der Waals surface area contributed by atoms with Crippen LogP contribution in [0.25, 0.3) is 10.9 Å². The number of carbonyl (C=O) groups is 2. The maximum Gasteiger partial charge on any atom is 0.223 e. The summed E-state index contributed by atoms with van der Waals surface area (Å²) in [7, 11) is 1.66. The molecule has 3 aromatic rings. The Morgan fingerprint density at radius 2 is 1.67 bits per heavy atom. The molecule has 0 unspecified atom stereocenters. The molecule has 6 heteroatoms. The third kappa shape index (κ3) is 4.85. The Hall–Kier alpha value is -3.41. The Balaban J connectivity index is 1.36. The van der Waals surface area contributed by atoms with Crippen LogP contribution < -0.4 is 9.64 Å². The van der Waals surface area contributed by atoms with Gasteiger partial charge in [0.1, 0.15) is 17.1 Å². The number of methoxy groups -OCH3 is 1. The number of rotatable bonds is 6. The van der Waals surface area contributed by atoms with E-state index in [-0.39, 0.29) is 24.5 Å². The predicted octanol–water partition coefficient (Wildman–Crippen LogP) is 4.48. The fourth-order valence-corrected chi connectivity index (χ4v) is 4.32. The number of Topliss-reactive ketones (excluding diaryl/α,β-unsaturated/α-hetero) is 1. The van der Waals surface area contributed by atoms with Gasteiger partial charge in [-0.05, 0) is 55.7 Å². The molecule has 0 radical (unpaired) electrons. The third-order valence-corrected chi connectivity index (χ3v) is 6.57. The predicted molar refractivity (Wildman–Crippen MR) is 131 cm³/mol. The average molecular weight is 446 g/mol. The van der Waals surface area contributed by atoms with Crippen LogP contribution in [0.1, 0.15) is 39.9 Å². The minimum absolute atomic E-state index is 0.0230. The molecule has 0 N–H and O–H groups in total. The molecule has 4 rings (SSSR count). The molecule has 1 aliphatic rings. The highest BCUT2D eigenvalue weighted by molar-refractivity contribution is 5.98. The van der Waals surface area contributed by atoms with Crippen molar-refractivity contribution in [2.45, 2.75) is 33.6 Å². The van der Waals surface area contributed by atoms with Gasteiger partial charge in [0.25, 0.3) is 0 Å². The van der Waals surface area contributed by atoms with Crippen LogP contribution in [0.4, 0.5) is 5.82 Å². The number of aryl methyl sites for hydroxylation is 3. The largest absolute Gasteiger partial charge is 0.494 e. The number of benzene rings is 2. The third-order valence-electron chi connectivity index (χ3n) is 6.57. The zero-order valence-corrected chi connectivity index (χ0v) is 19.9. The van der Waals surface area contributed by atoms with Gasteiger partial charge in [-0.2, -0.15) is 0 Å². The molecule has 0 aliphatic carbocycles. The first-order valence-electron chi connectivity index (χ1n) is 11.4. The molecule has 2 heterocycles. The van der Waals surface area contributed by atoms with Crippen molar-refractivity contribution in [2.75, 3.05) is 38.2 Å². The van der Waals surface area contributed by atoms with Crippen molar-refractivity contribution in [1.82, 2.24) is 9.88 Å². The quantitative estimate of drug-likeness (QED) is 0.524. The highest BCUT2D eigenvalue weighted by Crippen LogP contribution is 2.29. The number of piperazine rings is 1. The summed E-state index contributed by atoms with van der Waals surface area (Å²) in [6, 6.07) is 13.8. The number of ketones is 1. The lowest BCUT2D eigenvalue weighted by Gasteiger charge is -2.35. The minimum Gasteiger partial charge on any atom is -0.494 e. The van der Waals surface area contributed by atoms with Gasteiger partial charge < -0.3 is 14.5 Å². The molecule has 1 saturated heterocycles. The van der Waals surface area contributed by atoms with Crippen LogP contribution in [0.2, 0.25) is 0 Å². The summed E-state index contributed by atoms with van der Waals surface area (Å²) in [6.45, 7) is 8.78. The first-order chi connectivity index (χ1) is 15.9. The summed E-state index contributed by atoms with van der Waals surface area (Å²) >= 11 is 0. The Bertz CT molecular complexity index is 1200. The molecule has 33 heavy (non-hydrogen) atoms. The molecule has 0 saturated carbocycles. The molecule has 1 amide bonds. The molecule has 0 atom stereocenters. The van der Waals surface area contributed by atoms with E-state index in [4.69, 9.17) is 9.72 Å². The van der Waals surface area contributed by atoms with E-state index in [0.29, 0.717) is 31.7 Å². The summed E-state index contributed by atoms with van der Waals surface area (Å²) in [5.74, 6) is 1.73. The SMILES string of the molecule is COc1cccc2c(C)cc(N3CCN(C(=O)CCC(=O)c4ccc(C)c(C)c4)CC3)nc12. The second-order valence-electron chi connectivity index (χ2n) is 8.74. The normalized spacial score (nSPS) is 13.9. The minimum atomic E-state index is 0.0230. The lowest BCUT2D eigenvalue weighted by Crippen LogP contribution is -2.49. The first-order valence-corrected chi connectivity index (χ1v) is 11.4. The van der Waals surface area contributed by atoms with Gasteiger partial charge in [-0.25, -0.2) is 4.98 Å². The van der Waals surface area contributed by atoms with Gasteiger partial charge in [0.15, 0.2) is 5.78 Å². The van der Waals surface area contributed by atoms with Crippen molar-refractivity contribution >= 4 is 28.4 Å². The van der Waals surface area contributed by atoms with E-state index in [2.05, 4.69) is 24.0 Å². The zero-order valence-electron chi connectivity index (χ0n) is 19.9. The molecular weight excluding hydrogens is 414 g/mol. The van der Waals surface area contributed by atoms with Crippen LogP contribution in [-0.4, -0.2) is 54.9 Å². The summed E-state index contributed by atoms with van der Waals surface area (Å²) in [4.78, 5) is 34.2. The molecule has 1 aliphatic heterocycles. The van der Waals surface area contributed by atoms with Gasteiger partial charge in [-0.3, -0.25) is 9.59 Å². The van der Waals surface area contributed by atoms with Crippen LogP contribution >= 0.6 is 0 Å². The summed E-state index contributed by atoms with van der Waals surface area (Å²) in [5.41, 5.74) is 4.95.